The molecule has 0 aliphatic rings. The van der Waals surface area contributed by atoms with Crippen molar-refractivity contribution in [3.05, 3.63) is 57.1 Å². The number of benzene rings is 1. The number of carboxylic acid groups (broad SMARTS) is 1. The summed E-state index contributed by atoms with van der Waals surface area (Å²) >= 11 is 0.989. The van der Waals surface area contributed by atoms with Crippen LogP contribution in [0, 0.1) is 6.92 Å². The first-order chi connectivity index (χ1) is 9.89. The lowest BCUT2D eigenvalue weighted by Crippen LogP contribution is -2.11. The standard InChI is InChI=1S/C14H13NO4S2/c1-10-9-20-13(14(16)17)12(10)15-21(18,19)8-7-11-5-3-2-4-6-11/h2-9,15H,1H3,(H,16,17)/b8-7+. The molecule has 21 heavy (non-hydrogen) atoms. The first-order valence-electron chi connectivity index (χ1n) is 5.96. The Hall–Kier alpha value is -2.12. The molecule has 0 aliphatic heterocycles. The number of anilines is 1. The number of carboxylic acids is 1. The van der Waals surface area contributed by atoms with Crippen molar-refractivity contribution in [1.29, 1.82) is 0 Å². The summed E-state index contributed by atoms with van der Waals surface area (Å²) in [5.74, 6) is -1.15. The van der Waals surface area contributed by atoms with Crippen molar-refractivity contribution in [2.75, 3.05) is 4.72 Å². The van der Waals surface area contributed by atoms with Crippen molar-refractivity contribution in [3.8, 4) is 0 Å². The van der Waals surface area contributed by atoms with E-state index in [1.54, 1.807) is 36.6 Å². The van der Waals surface area contributed by atoms with Crippen molar-refractivity contribution in [2.24, 2.45) is 0 Å². The molecule has 0 atom stereocenters. The molecule has 0 saturated heterocycles. The summed E-state index contributed by atoms with van der Waals surface area (Å²) in [6, 6.07) is 8.96. The van der Waals surface area contributed by atoms with E-state index in [9.17, 15) is 13.2 Å². The van der Waals surface area contributed by atoms with Gasteiger partial charge in [-0.05, 0) is 29.5 Å². The first-order valence-corrected chi connectivity index (χ1v) is 8.39. The molecule has 2 N–H and O–H groups in total. The van der Waals surface area contributed by atoms with Crippen molar-refractivity contribution in [2.45, 2.75) is 6.92 Å². The molecule has 0 spiro atoms. The Bertz CT molecular complexity index is 777. The predicted molar refractivity (Wildman–Crippen MR) is 84.0 cm³/mol. The molecule has 2 aromatic rings. The van der Waals surface area contributed by atoms with Gasteiger partial charge in [0.1, 0.15) is 4.88 Å². The second-order valence-corrected chi connectivity index (χ2v) is 6.73. The van der Waals surface area contributed by atoms with E-state index in [2.05, 4.69) is 4.72 Å². The molecular weight excluding hydrogens is 310 g/mol. The minimum absolute atomic E-state index is 0.0239. The molecule has 0 amide bonds. The summed E-state index contributed by atoms with van der Waals surface area (Å²) in [4.78, 5) is 11.0. The van der Waals surface area contributed by atoms with Gasteiger partial charge < -0.3 is 5.11 Å². The van der Waals surface area contributed by atoms with Crippen LogP contribution in [-0.4, -0.2) is 19.5 Å². The smallest absolute Gasteiger partial charge is 0.348 e. The highest BCUT2D eigenvalue weighted by molar-refractivity contribution is 7.95. The van der Waals surface area contributed by atoms with E-state index < -0.39 is 16.0 Å². The lowest BCUT2D eigenvalue weighted by Gasteiger charge is -2.05. The van der Waals surface area contributed by atoms with Gasteiger partial charge in [-0.1, -0.05) is 30.3 Å². The lowest BCUT2D eigenvalue weighted by molar-refractivity contribution is 0.0703. The molecule has 110 valence electrons. The van der Waals surface area contributed by atoms with Crippen LogP contribution in [0.15, 0.2) is 41.1 Å². The third-order valence-corrected chi connectivity index (χ3v) is 4.72. The summed E-state index contributed by atoms with van der Waals surface area (Å²) in [6.07, 6.45) is 1.45. The third kappa shape index (κ3) is 3.93. The maximum atomic E-state index is 12.0. The van der Waals surface area contributed by atoms with Crippen LogP contribution < -0.4 is 4.72 Å². The van der Waals surface area contributed by atoms with Crippen LogP contribution in [0.25, 0.3) is 6.08 Å². The molecule has 1 heterocycles. The van der Waals surface area contributed by atoms with Crippen molar-refractivity contribution < 1.29 is 18.3 Å². The van der Waals surface area contributed by atoms with Gasteiger partial charge in [0, 0.05) is 0 Å². The predicted octanol–water partition coefficient (Wildman–Crippen LogP) is 3.17. The van der Waals surface area contributed by atoms with Crippen LogP contribution in [-0.2, 0) is 10.0 Å². The number of aryl methyl sites for hydroxylation is 1. The fraction of sp³-hybridized carbons (Fsp3) is 0.0714. The minimum atomic E-state index is -3.77. The summed E-state index contributed by atoms with van der Waals surface area (Å²) in [6.45, 7) is 1.65. The highest BCUT2D eigenvalue weighted by Crippen LogP contribution is 2.28. The van der Waals surface area contributed by atoms with Gasteiger partial charge in [0.2, 0.25) is 0 Å². The number of nitrogens with one attached hydrogen (secondary N) is 1. The van der Waals surface area contributed by atoms with E-state index in [-0.39, 0.29) is 10.6 Å². The van der Waals surface area contributed by atoms with Crippen LogP contribution in [0.1, 0.15) is 20.8 Å². The van der Waals surface area contributed by atoms with E-state index in [0.29, 0.717) is 5.56 Å². The Morgan fingerprint density at radius 3 is 2.57 bits per heavy atom. The average molecular weight is 323 g/mol. The minimum Gasteiger partial charge on any atom is -0.477 e. The topological polar surface area (TPSA) is 83.5 Å². The molecule has 0 saturated carbocycles. The molecule has 5 nitrogen and oxygen atoms in total. The van der Waals surface area contributed by atoms with Gasteiger partial charge in [0.05, 0.1) is 11.1 Å². The number of carbonyl (C=O) groups is 1. The van der Waals surface area contributed by atoms with Crippen LogP contribution in [0.4, 0.5) is 5.69 Å². The fourth-order valence-corrected chi connectivity index (χ4v) is 3.50. The van der Waals surface area contributed by atoms with Gasteiger partial charge in [-0.25, -0.2) is 13.2 Å². The van der Waals surface area contributed by atoms with Crippen LogP contribution in [0.2, 0.25) is 0 Å². The van der Waals surface area contributed by atoms with E-state index in [1.807, 2.05) is 6.07 Å². The summed E-state index contributed by atoms with van der Waals surface area (Å²) < 4.78 is 26.3. The molecule has 0 unspecified atom stereocenters. The largest absolute Gasteiger partial charge is 0.477 e. The summed E-state index contributed by atoms with van der Waals surface area (Å²) in [5.41, 5.74) is 1.43. The maximum absolute atomic E-state index is 12.0. The van der Waals surface area contributed by atoms with Gasteiger partial charge in [-0.15, -0.1) is 11.3 Å². The van der Waals surface area contributed by atoms with Gasteiger partial charge >= 0.3 is 5.97 Å². The molecule has 7 heteroatoms. The van der Waals surface area contributed by atoms with Crippen LogP contribution in [0.3, 0.4) is 0 Å². The van der Waals surface area contributed by atoms with Crippen LogP contribution >= 0.6 is 11.3 Å². The van der Waals surface area contributed by atoms with Gasteiger partial charge in [-0.3, -0.25) is 4.72 Å². The molecule has 1 aromatic carbocycles. The zero-order valence-electron chi connectivity index (χ0n) is 11.1. The van der Waals surface area contributed by atoms with E-state index in [1.165, 1.54) is 6.08 Å². The molecule has 0 radical (unpaired) electrons. The molecule has 1 aromatic heterocycles. The van der Waals surface area contributed by atoms with Crippen molar-refractivity contribution in [3.63, 3.8) is 0 Å². The van der Waals surface area contributed by atoms with Gasteiger partial charge in [-0.2, -0.15) is 0 Å². The highest BCUT2D eigenvalue weighted by atomic mass is 32.2. The molecule has 0 bridgehead atoms. The molecular formula is C14H13NO4S2. The molecule has 0 fully saturated rings. The summed E-state index contributed by atoms with van der Waals surface area (Å²) in [7, 11) is -3.77. The Morgan fingerprint density at radius 2 is 1.95 bits per heavy atom. The zero-order valence-corrected chi connectivity index (χ0v) is 12.7. The van der Waals surface area contributed by atoms with E-state index in [0.717, 1.165) is 22.3 Å². The Morgan fingerprint density at radius 1 is 1.29 bits per heavy atom. The normalized spacial score (nSPS) is 11.7. The number of hydrogen-bond donors (Lipinski definition) is 2. The Balaban J connectivity index is 2.24. The van der Waals surface area contributed by atoms with Gasteiger partial charge in [0.25, 0.3) is 10.0 Å². The number of rotatable bonds is 5. The number of aromatic carboxylic acids is 1. The molecule has 0 aliphatic carbocycles. The van der Waals surface area contributed by atoms with Crippen LogP contribution in [0.5, 0.6) is 0 Å². The third-order valence-electron chi connectivity index (χ3n) is 2.65. The fourth-order valence-electron chi connectivity index (χ4n) is 1.64. The monoisotopic (exact) mass is 323 g/mol. The number of sulfonamides is 1. The van der Waals surface area contributed by atoms with Crippen molar-refractivity contribution in [1.82, 2.24) is 0 Å². The average Bonchev–Trinajstić information content (AvgIpc) is 2.79. The highest BCUT2D eigenvalue weighted by Gasteiger charge is 2.18. The summed E-state index contributed by atoms with van der Waals surface area (Å²) in [5, 5.41) is 11.7. The lowest BCUT2D eigenvalue weighted by atomic mass is 10.2. The van der Waals surface area contributed by atoms with Gasteiger partial charge in [0.15, 0.2) is 0 Å². The Labute approximate surface area is 126 Å². The second kappa shape index (κ2) is 6.11. The first kappa shape index (κ1) is 15.3. The molecule has 2 rings (SSSR count). The second-order valence-electron chi connectivity index (χ2n) is 4.29. The zero-order chi connectivity index (χ0) is 15.5. The quantitative estimate of drug-likeness (QED) is 0.885. The SMILES string of the molecule is Cc1csc(C(=O)O)c1NS(=O)(=O)/C=C/c1ccccc1. The van der Waals surface area contributed by atoms with Crippen molar-refractivity contribution >= 4 is 39.1 Å². The maximum Gasteiger partial charge on any atom is 0.348 e. The van der Waals surface area contributed by atoms with E-state index >= 15 is 0 Å². The Kier molecular flexibility index (Phi) is 4.44. The van der Waals surface area contributed by atoms with E-state index in [4.69, 9.17) is 5.11 Å². The number of thiophene rings is 1. The number of hydrogen-bond acceptors (Lipinski definition) is 4.